The number of anilines is 1. The monoisotopic (exact) mass is 309 g/mol. The number of ether oxygens (including phenoxy) is 1. The van der Waals surface area contributed by atoms with Crippen molar-refractivity contribution in [3.63, 3.8) is 0 Å². The lowest BCUT2D eigenvalue weighted by atomic mass is 10.1. The molecular formula is C18H19N3O2. The summed E-state index contributed by atoms with van der Waals surface area (Å²) in [5.41, 5.74) is 4.73. The Kier molecular flexibility index (Phi) is 3.73. The van der Waals surface area contributed by atoms with Gasteiger partial charge < -0.3 is 15.0 Å². The fraction of sp³-hybridized carbons (Fsp3) is 0.278. The van der Waals surface area contributed by atoms with Gasteiger partial charge in [-0.15, -0.1) is 0 Å². The summed E-state index contributed by atoms with van der Waals surface area (Å²) >= 11 is 0. The molecule has 23 heavy (non-hydrogen) atoms. The lowest BCUT2D eigenvalue weighted by molar-refractivity contribution is -0.110. The van der Waals surface area contributed by atoms with Crippen molar-refractivity contribution in [1.82, 2.24) is 9.88 Å². The number of para-hydroxylation sites is 1. The van der Waals surface area contributed by atoms with Gasteiger partial charge in [-0.3, -0.25) is 9.69 Å². The molecule has 0 atom stereocenters. The van der Waals surface area contributed by atoms with Crippen LogP contribution in [0.2, 0.25) is 0 Å². The van der Waals surface area contributed by atoms with Crippen molar-refractivity contribution in [1.29, 1.82) is 0 Å². The highest BCUT2D eigenvalue weighted by Gasteiger charge is 2.23. The third-order valence-corrected chi connectivity index (χ3v) is 4.28. The van der Waals surface area contributed by atoms with Crippen LogP contribution >= 0.6 is 0 Å². The SMILES string of the molecule is O=C1Nc2ccccc2C1=Cc1cc(CN2CCOCC2)c[nH]1. The van der Waals surface area contributed by atoms with E-state index < -0.39 is 0 Å². The molecule has 0 spiro atoms. The number of nitrogens with zero attached hydrogens (tertiary/aromatic N) is 1. The van der Waals surface area contributed by atoms with Crippen LogP contribution in [0.15, 0.2) is 36.5 Å². The summed E-state index contributed by atoms with van der Waals surface area (Å²) in [7, 11) is 0. The fourth-order valence-electron chi connectivity index (χ4n) is 3.09. The molecule has 4 rings (SSSR count). The second-order valence-electron chi connectivity index (χ2n) is 5.91. The van der Waals surface area contributed by atoms with Crippen molar-refractivity contribution in [2.24, 2.45) is 0 Å². The van der Waals surface area contributed by atoms with Crippen molar-refractivity contribution in [2.45, 2.75) is 6.54 Å². The molecule has 0 bridgehead atoms. The zero-order valence-electron chi connectivity index (χ0n) is 12.8. The van der Waals surface area contributed by atoms with Crippen LogP contribution in [-0.2, 0) is 16.1 Å². The van der Waals surface area contributed by atoms with Gasteiger partial charge in [0.25, 0.3) is 5.91 Å². The average Bonchev–Trinajstić information content (AvgIpc) is 3.14. The Bertz CT molecular complexity index is 757. The molecule has 5 nitrogen and oxygen atoms in total. The smallest absolute Gasteiger partial charge is 0.256 e. The van der Waals surface area contributed by atoms with Gasteiger partial charge in [-0.1, -0.05) is 18.2 Å². The normalized spacial score (nSPS) is 19.8. The lowest BCUT2D eigenvalue weighted by Crippen LogP contribution is -2.35. The Morgan fingerprint density at radius 2 is 2.04 bits per heavy atom. The minimum absolute atomic E-state index is 0.0458. The average molecular weight is 309 g/mol. The van der Waals surface area contributed by atoms with E-state index in [1.807, 2.05) is 36.5 Å². The molecule has 2 aliphatic heterocycles. The number of fused-ring (bicyclic) bond motifs is 1. The van der Waals surface area contributed by atoms with Gasteiger partial charge in [0.2, 0.25) is 0 Å². The first kappa shape index (κ1) is 14.2. The molecule has 0 aliphatic carbocycles. The summed E-state index contributed by atoms with van der Waals surface area (Å²) in [4.78, 5) is 17.8. The number of aromatic nitrogens is 1. The summed E-state index contributed by atoms with van der Waals surface area (Å²) in [5, 5.41) is 2.90. The van der Waals surface area contributed by atoms with E-state index >= 15 is 0 Å². The molecule has 2 aliphatic rings. The number of carbonyl (C=O) groups excluding carboxylic acids is 1. The molecule has 1 amide bonds. The van der Waals surface area contributed by atoms with E-state index in [1.165, 1.54) is 5.56 Å². The highest BCUT2D eigenvalue weighted by Crippen LogP contribution is 2.32. The number of H-pyrrole nitrogens is 1. The Morgan fingerprint density at radius 3 is 2.91 bits per heavy atom. The number of aromatic amines is 1. The number of nitrogens with one attached hydrogen (secondary N) is 2. The fourth-order valence-corrected chi connectivity index (χ4v) is 3.09. The van der Waals surface area contributed by atoms with E-state index in [0.717, 1.165) is 49.8 Å². The quantitative estimate of drug-likeness (QED) is 0.856. The predicted octanol–water partition coefficient (Wildman–Crippen LogP) is 2.34. The molecule has 1 saturated heterocycles. The number of amides is 1. The predicted molar refractivity (Wildman–Crippen MR) is 89.8 cm³/mol. The van der Waals surface area contributed by atoms with Crippen LogP contribution in [0, 0.1) is 0 Å². The van der Waals surface area contributed by atoms with E-state index in [2.05, 4.69) is 21.3 Å². The molecule has 3 heterocycles. The molecule has 118 valence electrons. The van der Waals surface area contributed by atoms with Crippen molar-refractivity contribution < 1.29 is 9.53 Å². The molecule has 0 unspecified atom stereocenters. The number of carbonyl (C=O) groups is 1. The van der Waals surface area contributed by atoms with E-state index in [1.54, 1.807) is 0 Å². The molecule has 0 radical (unpaired) electrons. The lowest BCUT2D eigenvalue weighted by Gasteiger charge is -2.25. The molecule has 1 fully saturated rings. The Labute approximate surface area is 135 Å². The highest BCUT2D eigenvalue weighted by molar-refractivity contribution is 6.34. The molecule has 2 N–H and O–H groups in total. The van der Waals surface area contributed by atoms with Gasteiger partial charge in [-0.05, 0) is 23.8 Å². The number of rotatable bonds is 3. The van der Waals surface area contributed by atoms with Crippen molar-refractivity contribution in [3.05, 3.63) is 53.3 Å². The summed E-state index contributed by atoms with van der Waals surface area (Å²) in [6, 6.07) is 9.88. The van der Waals surface area contributed by atoms with Gasteiger partial charge >= 0.3 is 0 Å². The highest BCUT2D eigenvalue weighted by atomic mass is 16.5. The maximum absolute atomic E-state index is 12.1. The molecule has 5 heteroatoms. The maximum Gasteiger partial charge on any atom is 0.256 e. The van der Waals surface area contributed by atoms with Crippen LogP contribution < -0.4 is 5.32 Å². The van der Waals surface area contributed by atoms with E-state index in [4.69, 9.17) is 4.74 Å². The van der Waals surface area contributed by atoms with Gasteiger partial charge in [-0.2, -0.15) is 0 Å². The second kappa shape index (κ2) is 6.02. The summed E-state index contributed by atoms with van der Waals surface area (Å²) < 4.78 is 5.37. The first-order valence-electron chi connectivity index (χ1n) is 7.89. The third kappa shape index (κ3) is 2.93. The Morgan fingerprint density at radius 1 is 1.22 bits per heavy atom. The van der Waals surface area contributed by atoms with Crippen LogP contribution in [0.5, 0.6) is 0 Å². The van der Waals surface area contributed by atoms with Crippen LogP contribution in [-0.4, -0.2) is 42.1 Å². The van der Waals surface area contributed by atoms with Crippen molar-refractivity contribution in [2.75, 3.05) is 31.6 Å². The van der Waals surface area contributed by atoms with Crippen LogP contribution in [0.25, 0.3) is 11.6 Å². The molecule has 0 saturated carbocycles. The maximum atomic E-state index is 12.1. The van der Waals surface area contributed by atoms with Gasteiger partial charge in [0.1, 0.15) is 0 Å². The van der Waals surface area contributed by atoms with Crippen molar-refractivity contribution >= 4 is 23.2 Å². The number of benzene rings is 1. The van der Waals surface area contributed by atoms with Gasteiger partial charge in [-0.25, -0.2) is 0 Å². The topological polar surface area (TPSA) is 57.4 Å². The zero-order valence-corrected chi connectivity index (χ0v) is 12.8. The first-order chi connectivity index (χ1) is 11.3. The molecule has 1 aromatic heterocycles. The first-order valence-corrected chi connectivity index (χ1v) is 7.89. The Hall–Kier alpha value is -2.37. The van der Waals surface area contributed by atoms with Crippen LogP contribution in [0.3, 0.4) is 0 Å². The van der Waals surface area contributed by atoms with Crippen LogP contribution in [0.4, 0.5) is 5.69 Å². The molecule has 2 aromatic rings. The molecular weight excluding hydrogens is 290 g/mol. The largest absolute Gasteiger partial charge is 0.379 e. The second-order valence-corrected chi connectivity index (χ2v) is 5.91. The summed E-state index contributed by atoms with van der Waals surface area (Å²) in [6.07, 6.45) is 3.94. The number of hydrogen-bond donors (Lipinski definition) is 2. The molecule has 1 aromatic carbocycles. The third-order valence-electron chi connectivity index (χ3n) is 4.28. The van der Waals surface area contributed by atoms with E-state index in [9.17, 15) is 4.79 Å². The standard InChI is InChI=1S/C18H19N3O2/c22-18-16(15-3-1-2-4-17(15)20-18)10-14-9-13(11-19-14)12-21-5-7-23-8-6-21/h1-4,9-11,19H,5-8,12H2,(H,20,22). The zero-order chi connectivity index (χ0) is 15.6. The number of hydrogen-bond acceptors (Lipinski definition) is 3. The van der Waals surface area contributed by atoms with Gasteiger partial charge in [0.15, 0.2) is 0 Å². The van der Waals surface area contributed by atoms with Crippen LogP contribution in [0.1, 0.15) is 16.8 Å². The summed E-state index contributed by atoms with van der Waals surface area (Å²) in [6.45, 7) is 4.46. The van der Waals surface area contributed by atoms with E-state index in [0.29, 0.717) is 5.57 Å². The minimum Gasteiger partial charge on any atom is -0.379 e. The van der Waals surface area contributed by atoms with Crippen molar-refractivity contribution in [3.8, 4) is 0 Å². The number of morpholine rings is 1. The minimum atomic E-state index is -0.0458. The Balaban J connectivity index is 1.54. The van der Waals surface area contributed by atoms with E-state index in [-0.39, 0.29) is 5.91 Å². The van der Waals surface area contributed by atoms with Gasteiger partial charge in [0, 0.05) is 42.8 Å². The summed E-state index contributed by atoms with van der Waals surface area (Å²) in [5.74, 6) is -0.0458. The van der Waals surface area contributed by atoms with Gasteiger partial charge in [0.05, 0.1) is 18.8 Å².